The number of hydrogen-bond donors (Lipinski definition) is 1. The van der Waals surface area contributed by atoms with Crippen molar-refractivity contribution in [1.29, 1.82) is 0 Å². The molecule has 1 aliphatic heterocycles. The molecular formula is C10H16N4O4S2. The lowest BCUT2D eigenvalue weighted by molar-refractivity contribution is 0.273. The molecule has 1 saturated heterocycles. The summed E-state index contributed by atoms with van der Waals surface area (Å²) in [5.74, 6) is 0. The molecule has 0 aliphatic carbocycles. The van der Waals surface area contributed by atoms with Crippen LogP contribution < -0.4 is 5.73 Å². The summed E-state index contributed by atoms with van der Waals surface area (Å²) >= 11 is 0. The van der Waals surface area contributed by atoms with E-state index in [0.717, 1.165) is 6.26 Å². The van der Waals surface area contributed by atoms with Crippen molar-refractivity contribution in [2.24, 2.45) is 0 Å². The molecule has 0 amide bonds. The summed E-state index contributed by atoms with van der Waals surface area (Å²) in [6.45, 7) is 0.437. The number of piperazine rings is 1. The maximum atomic E-state index is 12.4. The molecule has 2 rings (SSSR count). The molecule has 1 aromatic rings. The highest BCUT2D eigenvalue weighted by Gasteiger charge is 2.33. The fourth-order valence-electron chi connectivity index (χ4n) is 1.98. The minimum absolute atomic E-state index is 0.0815. The molecule has 112 valence electrons. The molecule has 1 aromatic heterocycles. The number of sulfonamides is 2. The van der Waals surface area contributed by atoms with Crippen molar-refractivity contribution < 1.29 is 16.8 Å². The summed E-state index contributed by atoms with van der Waals surface area (Å²) in [6, 6.07) is 3.02. The van der Waals surface area contributed by atoms with Crippen molar-refractivity contribution in [3.63, 3.8) is 0 Å². The summed E-state index contributed by atoms with van der Waals surface area (Å²) < 4.78 is 50.0. The Hall–Kier alpha value is -1.23. The molecule has 0 saturated carbocycles. The van der Waals surface area contributed by atoms with Gasteiger partial charge in [-0.05, 0) is 12.1 Å². The van der Waals surface area contributed by atoms with Gasteiger partial charge in [0.25, 0.3) is 10.0 Å². The number of aromatic nitrogens is 1. The van der Waals surface area contributed by atoms with Gasteiger partial charge >= 0.3 is 0 Å². The fourth-order valence-corrected chi connectivity index (χ4v) is 4.26. The third-order valence-electron chi connectivity index (χ3n) is 3.05. The minimum Gasteiger partial charge on any atom is -0.396 e. The highest BCUT2D eigenvalue weighted by Crippen LogP contribution is 2.21. The average Bonchev–Trinajstić information content (AvgIpc) is 2.38. The van der Waals surface area contributed by atoms with E-state index in [4.69, 9.17) is 5.73 Å². The smallest absolute Gasteiger partial charge is 0.262 e. The quantitative estimate of drug-likeness (QED) is 0.758. The standard InChI is InChI=1S/C10H16N4O4S2/c1-19(15,16)13-5-7-14(8-6-13)20(17,18)10-9(11)3-2-4-12-10/h2-4H,5-8,11H2,1H3. The Morgan fingerprint density at radius 3 is 2.15 bits per heavy atom. The number of anilines is 1. The summed E-state index contributed by atoms with van der Waals surface area (Å²) in [5, 5.41) is -0.187. The third-order valence-corrected chi connectivity index (χ3v) is 6.23. The maximum absolute atomic E-state index is 12.4. The van der Waals surface area contributed by atoms with Crippen LogP contribution in [0.1, 0.15) is 0 Å². The number of nitrogens with zero attached hydrogens (tertiary/aromatic N) is 3. The zero-order valence-corrected chi connectivity index (χ0v) is 12.6. The van der Waals surface area contributed by atoms with Gasteiger partial charge in [-0.25, -0.2) is 21.8 Å². The van der Waals surface area contributed by atoms with Crippen molar-refractivity contribution in [3.05, 3.63) is 18.3 Å². The second-order valence-corrected chi connectivity index (χ2v) is 8.30. The molecule has 8 nitrogen and oxygen atoms in total. The first kappa shape index (κ1) is 15.2. The second kappa shape index (κ2) is 5.28. The van der Waals surface area contributed by atoms with Crippen LogP contribution in [0.2, 0.25) is 0 Å². The largest absolute Gasteiger partial charge is 0.396 e. The normalized spacial score (nSPS) is 19.1. The first-order valence-corrected chi connectivity index (χ1v) is 9.17. The summed E-state index contributed by atoms with van der Waals surface area (Å²) in [4.78, 5) is 3.81. The Bertz CT molecular complexity index is 694. The number of nitrogen functional groups attached to an aromatic ring is 1. The molecule has 0 aromatic carbocycles. The molecule has 10 heteroatoms. The molecule has 0 radical (unpaired) electrons. The van der Waals surface area contributed by atoms with Gasteiger partial charge in [-0.15, -0.1) is 0 Å². The van der Waals surface area contributed by atoms with Crippen LogP contribution in [0.15, 0.2) is 23.4 Å². The summed E-state index contributed by atoms with van der Waals surface area (Å²) in [5.41, 5.74) is 5.72. The van der Waals surface area contributed by atoms with E-state index in [0.29, 0.717) is 0 Å². The van der Waals surface area contributed by atoms with Crippen LogP contribution in [-0.4, -0.2) is 62.9 Å². The van der Waals surface area contributed by atoms with Crippen LogP contribution in [-0.2, 0) is 20.0 Å². The van der Waals surface area contributed by atoms with E-state index in [9.17, 15) is 16.8 Å². The molecule has 1 fully saturated rings. The lowest BCUT2D eigenvalue weighted by Gasteiger charge is -2.32. The van der Waals surface area contributed by atoms with Crippen LogP contribution in [0.25, 0.3) is 0 Å². The predicted molar refractivity (Wildman–Crippen MR) is 73.8 cm³/mol. The van der Waals surface area contributed by atoms with E-state index >= 15 is 0 Å². The van der Waals surface area contributed by atoms with E-state index in [1.165, 1.54) is 20.9 Å². The van der Waals surface area contributed by atoms with E-state index < -0.39 is 20.0 Å². The molecule has 0 unspecified atom stereocenters. The highest BCUT2D eigenvalue weighted by molar-refractivity contribution is 7.89. The lowest BCUT2D eigenvalue weighted by atomic mass is 10.4. The molecule has 0 atom stereocenters. The maximum Gasteiger partial charge on any atom is 0.262 e. The van der Waals surface area contributed by atoms with E-state index in [-0.39, 0.29) is 36.9 Å². The van der Waals surface area contributed by atoms with E-state index in [2.05, 4.69) is 4.98 Å². The van der Waals surface area contributed by atoms with Crippen molar-refractivity contribution in [1.82, 2.24) is 13.6 Å². The summed E-state index contributed by atoms with van der Waals surface area (Å²) in [7, 11) is -7.08. The molecule has 0 spiro atoms. The number of hydrogen-bond acceptors (Lipinski definition) is 6. The zero-order valence-electron chi connectivity index (χ0n) is 10.9. The molecule has 2 heterocycles. The van der Waals surface area contributed by atoms with Gasteiger partial charge in [-0.1, -0.05) is 0 Å². The SMILES string of the molecule is CS(=O)(=O)N1CCN(S(=O)(=O)c2ncccc2N)CC1. The molecular weight excluding hydrogens is 304 g/mol. The zero-order chi connectivity index (χ0) is 15.0. The molecule has 20 heavy (non-hydrogen) atoms. The van der Waals surface area contributed by atoms with Crippen molar-refractivity contribution >= 4 is 25.7 Å². The molecule has 0 bridgehead atoms. The van der Waals surface area contributed by atoms with Gasteiger partial charge in [-0.2, -0.15) is 8.61 Å². The van der Waals surface area contributed by atoms with Crippen molar-refractivity contribution in [2.75, 3.05) is 38.2 Å². The first-order valence-electron chi connectivity index (χ1n) is 5.88. The van der Waals surface area contributed by atoms with Crippen molar-refractivity contribution in [3.8, 4) is 0 Å². The Labute approximate surface area is 118 Å². The average molecular weight is 320 g/mol. The van der Waals surface area contributed by atoms with E-state index in [1.54, 1.807) is 6.07 Å². The Morgan fingerprint density at radius 2 is 1.65 bits per heavy atom. The molecule has 1 aliphatic rings. The van der Waals surface area contributed by atoms with Crippen LogP contribution >= 0.6 is 0 Å². The number of pyridine rings is 1. The third kappa shape index (κ3) is 2.92. The van der Waals surface area contributed by atoms with Gasteiger partial charge in [-0.3, -0.25) is 0 Å². The van der Waals surface area contributed by atoms with Crippen LogP contribution in [0.5, 0.6) is 0 Å². The topological polar surface area (TPSA) is 114 Å². The number of rotatable bonds is 3. The lowest BCUT2D eigenvalue weighted by Crippen LogP contribution is -2.50. The van der Waals surface area contributed by atoms with E-state index in [1.807, 2.05) is 0 Å². The van der Waals surface area contributed by atoms with Crippen molar-refractivity contribution in [2.45, 2.75) is 5.03 Å². The highest BCUT2D eigenvalue weighted by atomic mass is 32.2. The monoisotopic (exact) mass is 320 g/mol. The fraction of sp³-hybridized carbons (Fsp3) is 0.500. The van der Waals surface area contributed by atoms with Crippen LogP contribution in [0, 0.1) is 0 Å². The van der Waals surface area contributed by atoms with Gasteiger partial charge in [0.2, 0.25) is 10.0 Å². The Morgan fingerprint density at radius 1 is 1.10 bits per heavy atom. The van der Waals surface area contributed by atoms with Gasteiger partial charge in [0.05, 0.1) is 11.9 Å². The van der Waals surface area contributed by atoms with Gasteiger partial charge in [0.1, 0.15) is 0 Å². The second-order valence-electron chi connectivity index (χ2n) is 4.46. The van der Waals surface area contributed by atoms with Crippen LogP contribution in [0.3, 0.4) is 0 Å². The van der Waals surface area contributed by atoms with Gasteiger partial charge in [0, 0.05) is 32.4 Å². The van der Waals surface area contributed by atoms with Gasteiger partial charge in [0.15, 0.2) is 5.03 Å². The number of nitrogens with two attached hydrogens (primary N) is 1. The Kier molecular flexibility index (Phi) is 4.00. The Balaban J connectivity index is 2.20. The summed E-state index contributed by atoms with van der Waals surface area (Å²) in [6.07, 6.45) is 2.46. The molecule has 2 N–H and O–H groups in total. The van der Waals surface area contributed by atoms with Gasteiger partial charge < -0.3 is 5.73 Å². The van der Waals surface area contributed by atoms with Crippen LogP contribution in [0.4, 0.5) is 5.69 Å². The minimum atomic E-state index is -3.79. The first-order chi connectivity index (χ1) is 9.23. The predicted octanol–water partition coefficient (Wildman–Crippen LogP) is -1.07.